The predicted molar refractivity (Wildman–Crippen MR) is 142 cm³/mol. The fraction of sp³-hybridized carbons (Fsp3) is 0.267. The van der Waals surface area contributed by atoms with E-state index in [1.165, 1.54) is 0 Å². The van der Waals surface area contributed by atoms with Crippen LogP contribution in [0, 0.1) is 5.82 Å². The van der Waals surface area contributed by atoms with E-state index in [2.05, 4.69) is 27.2 Å². The standard InChI is InChI=1S/C30H31FN4O2/c1-2-6-29(36)37-35-17-15-34(16-18-35)30(26-20-32-33-21-26)25-13-14-28(31)27(19-25)24-11-9-23(10-12-24)22-7-4-3-5-8-22/h3-5,7-14,19-21,30H,2,6,15-18H2,1H3,(H,32,33). The number of rotatable bonds is 8. The number of benzene rings is 3. The topological polar surface area (TPSA) is 61.5 Å². The molecule has 1 fully saturated rings. The van der Waals surface area contributed by atoms with Crippen LogP contribution in [0.2, 0.25) is 0 Å². The molecule has 1 aliphatic heterocycles. The van der Waals surface area contributed by atoms with Gasteiger partial charge in [-0.2, -0.15) is 5.10 Å². The first-order valence-electron chi connectivity index (χ1n) is 12.8. The van der Waals surface area contributed by atoms with Gasteiger partial charge in [0.25, 0.3) is 0 Å². The fourth-order valence-electron chi connectivity index (χ4n) is 4.88. The Kier molecular flexibility index (Phi) is 7.73. The van der Waals surface area contributed by atoms with Crippen molar-refractivity contribution in [2.24, 2.45) is 0 Å². The SMILES string of the molecule is CCCC(=O)ON1CCN(C(c2cn[nH]c2)c2ccc(F)c(-c3ccc(-c4ccccc4)cc3)c2)CC1. The first kappa shape index (κ1) is 24.9. The normalized spacial score (nSPS) is 15.4. The van der Waals surface area contributed by atoms with Gasteiger partial charge in [0.2, 0.25) is 0 Å². The van der Waals surface area contributed by atoms with Crippen molar-refractivity contribution < 1.29 is 14.0 Å². The molecule has 1 saturated heterocycles. The number of hydroxylamine groups is 2. The summed E-state index contributed by atoms with van der Waals surface area (Å²) in [6.07, 6.45) is 4.89. The fourth-order valence-corrected chi connectivity index (χ4v) is 4.88. The van der Waals surface area contributed by atoms with Gasteiger partial charge in [0, 0.05) is 49.9 Å². The van der Waals surface area contributed by atoms with E-state index in [1.54, 1.807) is 11.1 Å². The second kappa shape index (κ2) is 11.5. The van der Waals surface area contributed by atoms with Crippen LogP contribution in [0.1, 0.15) is 36.9 Å². The van der Waals surface area contributed by atoms with Crippen LogP contribution in [0.5, 0.6) is 0 Å². The van der Waals surface area contributed by atoms with E-state index in [0.29, 0.717) is 38.2 Å². The molecule has 0 bridgehead atoms. The summed E-state index contributed by atoms with van der Waals surface area (Å²) < 4.78 is 15.1. The molecule has 1 atom stereocenters. The van der Waals surface area contributed by atoms with Crippen LogP contribution >= 0.6 is 0 Å². The van der Waals surface area contributed by atoms with Crippen molar-refractivity contribution in [2.75, 3.05) is 26.2 Å². The molecular formula is C30H31FN4O2. The van der Waals surface area contributed by atoms with Gasteiger partial charge in [0.05, 0.1) is 12.2 Å². The summed E-state index contributed by atoms with van der Waals surface area (Å²) in [6, 6.07) is 23.4. The molecule has 0 saturated carbocycles. The van der Waals surface area contributed by atoms with E-state index >= 15 is 4.39 Å². The van der Waals surface area contributed by atoms with Gasteiger partial charge in [-0.3, -0.25) is 14.8 Å². The smallest absolute Gasteiger partial charge is 0.325 e. The molecule has 190 valence electrons. The third kappa shape index (κ3) is 5.79. The zero-order chi connectivity index (χ0) is 25.6. The van der Waals surface area contributed by atoms with Gasteiger partial charge in [0.1, 0.15) is 5.82 Å². The Bertz CT molecular complexity index is 1300. The first-order valence-corrected chi connectivity index (χ1v) is 12.8. The highest BCUT2D eigenvalue weighted by atomic mass is 19.1. The average molecular weight is 499 g/mol. The third-order valence-corrected chi connectivity index (χ3v) is 6.77. The number of hydrogen-bond acceptors (Lipinski definition) is 5. The number of nitrogens with zero attached hydrogens (tertiary/aromatic N) is 3. The Labute approximate surface area is 216 Å². The van der Waals surface area contributed by atoms with Gasteiger partial charge < -0.3 is 4.84 Å². The molecule has 2 heterocycles. The molecule has 1 aliphatic rings. The lowest BCUT2D eigenvalue weighted by atomic mass is 9.94. The number of carbonyl (C=O) groups excluding carboxylic acids is 1. The monoisotopic (exact) mass is 498 g/mol. The predicted octanol–water partition coefficient (Wildman–Crippen LogP) is 5.85. The second-order valence-electron chi connectivity index (χ2n) is 9.30. The first-order chi connectivity index (χ1) is 18.1. The summed E-state index contributed by atoms with van der Waals surface area (Å²) in [7, 11) is 0. The van der Waals surface area contributed by atoms with Crippen molar-refractivity contribution in [3.8, 4) is 22.3 Å². The van der Waals surface area contributed by atoms with E-state index < -0.39 is 0 Å². The van der Waals surface area contributed by atoms with Gasteiger partial charge >= 0.3 is 5.97 Å². The van der Waals surface area contributed by atoms with Crippen molar-refractivity contribution in [1.82, 2.24) is 20.2 Å². The molecule has 7 heteroatoms. The van der Waals surface area contributed by atoms with Gasteiger partial charge in [0.15, 0.2) is 0 Å². The number of nitrogens with one attached hydrogen (secondary N) is 1. The van der Waals surface area contributed by atoms with E-state index in [4.69, 9.17) is 4.84 Å². The molecule has 0 spiro atoms. The molecule has 4 aromatic rings. The maximum atomic E-state index is 15.1. The molecule has 6 nitrogen and oxygen atoms in total. The minimum atomic E-state index is -0.255. The van der Waals surface area contributed by atoms with Crippen molar-refractivity contribution in [3.05, 3.63) is 102 Å². The van der Waals surface area contributed by atoms with Crippen molar-refractivity contribution in [1.29, 1.82) is 0 Å². The van der Waals surface area contributed by atoms with E-state index in [0.717, 1.165) is 34.2 Å². The number of H-pyrrole nitrogens is 1. The van der Waals surface area contributed by atoms with Gasteiger partial charge in [-0.05, 0) is 40.8 Å². The van der Waals surface area contributed by atoms with Crippen LogP contribution < -0.4 is 0 Å². The van der Waals surface area contributed by atoms with Crippen LogP contribution in [0.3, 0.4) is 0 Å². The molecule has 37 heavy (non-hydrogen) atoms. The molecule has 5 rings (SSSR count). The lowest BCUT2D eigenvalue weighted by Gasteiger charge is -2.38. The van der Waals surface area contributed by atoms with Crippen LogP contribution in [-0.4, -0.2) is 52.3 Å². The number of halogens is 1. The molecule has 1 N–H and O–H groups in total. The van der Waals surface area contributed by atoms with Crippen LogP contribution in [0.25, 0.3) is 22.3 Å². The summed E-state index contributed by atoms with van der Waals surface area (Å²) in [4.78, 5) is 19.7. The van der Waals surface area contributed by atoms with Gasteiger partial charge in [-0.25, -0.2) is 4.39 Å². The van der Waals surface area contributed by atoms with Gasteiger partial charge in [-0.15, -0.1) is 5.06 Å². The van der Waals surface area contributed by atoms with Crippen molar-refractivity contribution >= 4 is 5.97 Å². The summed E-state index contributed by atoms with van der Waals surface area (Å²) >= 11 is 0. The summed E-state index contributed by atoms with van der Waals surface area (Å²) in [5.41, 5.74) is 5.61. The number of aromatic amines is 1. The Morgan fingerprint density at radius 1 is 0.946 bits per heavy atom. The summed E-state index contributed by atoms with van der Waals surface area (Å²) in [5, 5.41) is 8.83. The zero-order valence-corrected chi connectivity index (χ0v) is 20.9. The molecular weight excluding hydrogens is 467 g/mol. The maximum Gasteiger partial charge on any atom is 0.325 e. The van der Waals surface area contributed by atoms with Gasteiger partial charge in [-0.1, -0.05) is 67.6 Å². The minimum absolute atomic E-state index is 0.102. The highest BCUT2D eigenvalue weighted by molar-refractivity contribution is 5.71. The Morgan fingerprint density at radius 2 is 1.65 bits per heavy atom. The highest BCUT2D eigenvalue weighted by Gasteiger charge is 2.29. The second-order valence-corrected chi connectivity index (χ2v) is 9.30. The Morgan fingerprint density at radius 3 is 2.32 bits per heavy atom. The third-order valence-electron chi connectivity index (χ3n) is 6.77. The van der Waals surface area contributed by atoms with E-state index in [1.807, 2.05) is 73.9 Å². The largest absolute Gasteiger partial charge is 0.368 e. The lowest BCUT2D eigenvalue weighted by molar-refractivity contribution is -0.198. The Hall–Kier alpha value is -3.81. The maximum absolute atomic E-state index is 15.1. The average Bonchev–Trinajstić information content (AvgIpc) is 3.46. The van der Waals surface area contributed by atoms with E-state index in [9.17, 15) is 4.79 Å². The van der Waals surface area contributed by atoms with Crippen LogP contribution in [-0.2, 0) is 9.63 Å². The summed E-state index contributed by atoms with van der Waals surface area (Å²) in [6.45, 7) is 4.59. The number of piperazine rings is 1. The summed E-state index contributed by atoms with van der Waals surface area (Å²) in [5.74, 6) is -0.446. The van der Waals surface area contributed by atoms with Crippen molar-refractivity contribution in [3.63, 3.8) is 0 Å². The number of hydrogen-bond donors (Lipinski definition) is 1. The number of carbonyl (C=O) groups is 1. The molecule has 3 aromatic carbocycles. The van der Waals surface area contributed by atoms with E-state index in [-0.39, 0.29) is 17.8 Å². The molecule has 1 aromatic heterocycles. The highest BCUT2D eigenvalue weighted by Crippen LogP contribution is 2.34. The zero-order valence-electron chi connectivity index (χ0n) is 20.9. The Balaban J connectivity index is 1.39. The molecule has 0 amide bonds. The molecule has 1 unspecified atom stereocenters. The lowest BCUT2D eigenvalue weighted by Crippen LogP contribution is -2.48. The molecule has 0 radical (unpaired) electrons. The molecule has 0 aliphatic carbocycles. The minimum Gasteiger partial charge on any atom is -0.368 e. The number of aromatic nitrogens is 2. The van der Waals surface area contributed by atoms with Crippen LogP contribution in [0.4, 0.5) is 4.39 Å². The quantitative estimate of drug-likeness (QED) is 0.330. The van der Waals surface area contributed by atoms with Crippen molar-refractivity contribution in [2.45, 2.75) is 25.8 Å². The van der Waals surface area contributed by atoms with Crippen LogP contribution in [0.15, 0.2) is 85.2 Å².